The van der Waals surface area contributed by atoms with Crippen molar-refractivity contribution in [3.8, 4) is 17.6 Å². The largest absolute Gasteiger partial charge is 0.454 e. The number of hydrogen-bond donors (Lipinski definition) is 0. The fraction of sp³-hybridized carbons (Fsp3) is 0.118. The highest BCUT2D eigenvalue weighted by atomic mass is 79.9. The van der Waals surface area contributed by atoms with Gasteiger partial charge < -0.3 is 9.47 Å². The van der Waals surface area contributed by atoms with Crippen LogP contribution in [-0.2, 0) is 0 Å². The number of fused-ring (bicyclic) bond motifs is 1. The molecule has 2 aromatic rings. The van der Waals surface area contributed by atoms with E-state index in [1.807, 2.05) is 49.4 Å². The molecule has 0 aromatic heterocycles. The fourth-order valence-electron chi connectivity index (χ4n) is 2.19. The van der Waals surface area contributed by atoms with Crippen LogP contribution in [-0.4, -0.2) is 6.79 Å². The number of rotatable bonds is 2. The molecule has 0 radical (unpaired) electrons. The van der Waals surface area contributed by atoms with E-state index in [9.17, 15) is 5.26 Å². The lowest BCUT2D eigenvalue weighted by Crippen LogP contribution is -1.92. The zero-order valence-electron chi connectivity index (χ0n) is 11.4. The summed E-state index contributed by atoms with van der Waals surface area (Å²) < 4.78 is 11.6. The minimum Gasteiger partial charge on any atom is -0.454 e. The van der Waals surface area contributed by atoms with Crippen molar-refractivity contribution in [3.63, 3.8) is 0 Å². The van der Waals surface area contributed by atoms with Gasteiger partial charge >= 0.3 is 0 Å². The maximum absolute atomic E-state index is 9.43. The Balaban J connectivity index is 2.06. The Morgan fingerprint density at radius 1 is 1.24 bits per heavy atom. The van der Waals surface area contributed by atoms with Gasteiger partial charge in [0.25, 0.3) is 0 Å². The van der Waals surface area contributed by atoms with Crippen LogP contribution in [0.25, 0.3) is 11.6 Å². The van der Waals surface area contributed by atoms with Crippen LogP contribution in [0.4, 0.5) is 0 Å². The van der Waals surface area contributed by atoms with Crippen LogP contribution in [0.2, 0.25) is 0 Å². The zero-order valence-corrected chi connectivity index (χ0v) is 13.0. The van der Waals surface area contributed by atoms with Gasteiger partial charge in [-0.2, -0.15) is 5.26 Å². The number of benzene rings is 2. The van der Waals surface area contributed by atoms with Gasteiger partial charge in [-0.15, -0.1) is 0 Å². The molecule has 0 N–H and O–H groups in total. The fourth-order valence-corrected chi connectivity index (χ4v) is 2.63. The van der Waals surface area contributed by atoms with E-state index < -0.39 is 0 Å². The molecular formula is C17H12BrNO2. The Hall–Kier alpha value is -2.25. The predicted octanol–water partition coefficient (Wildman–Crippen LogP) is 4.55. The van der Waals surface area contributed by atoms with Gasteiger partial charge in [0.05, 0.1) is 11.6 Å². The molecule has 0 atom stereocenters. The second kappa shape index (κ2) is 5.63. The second-order valence-corrected chi connectivity index (χ2v) is 5.62. The molecule has 3 rings (SSSR count). The quantitative estimate of drug-likeness (QED) is 0.594. The molecule has 0 unspecified atom stereocenters. The number of halogens is 1. The average Bonchev–Trinajstić information content (AvgIpc) is 2.91. The van der Waals surface area contributed by atoms with Crippen molar-refractivity contribution in [2.24, 2.45) is 0 Å². The first-order chi connectivity index (χ1) is 10.2. The van der Waals surface area contributed by atoms with Crippen molar-refractivity contribution >= 4 is 27.6 Å². The number of aryl methyl sites for hydroxylation is 1. The highest BCUT2D eigenvalue weighted by Gasteiger charge is 2.16. The summed E-state index contributed by atoms with van der Waals surface area (Å²) in [6, 6.07) is 13.9. The van der Waals surface area contributed by atoms with Crippen molar-refractivity contribution in [2.75, 3.05) is 6.79 Å². The monoisotopic (exact) mass is 341 g/mol. The van der Waals surface area contributed by atoms with Gasteiger partial charge in [0.1, 0.15) is 0 Å². The van der Waals surface area contributed by atoms with Crippen LogP contribution in [0.3, 0.4) is 0 Å². The minimum atomic E-state index is 0.234. The summed E-state index contributed by atoms with van der Waals surface area (Å²) in [7, 11) is 0. The second-order valence-electron chi connectivity index (χ2n) is 4.77. The standard InChI is InChI=1S/C17H12BrNO2/c1-11-3-2-4-12(5-11)14(9-19)6-13-7-16-17(8-15(13)18)21-10-20-16/h2-8H,10H2,1H3. The lowest BCUT2D eigenvalue weighted by Gasteiger charge is -2.04. The first-order valence-corrected chi connectivity index (χ1v) is 7.24. The molecular weight excluding hydrogens is 330 g/mol. The Labute approximate surface area is 131 Å². The first kappa shape index (κ1) is 13.7. The van der Waals surface area contributed by atoms with Crippen LogP contribution < -0.4 is 9.47 Å². The van der Waals surface area contributed by atoms with Crippen molar-refractivity contribution in [1.29, 1.82) is 5.26 Å². The van der Waals surface area contributed by atoms with Gasteiger partial charge in [-0.1, -0.05) is 45.8 Å². The third-order valence-corrected chi connectivity index (χ3v) is 3.93. The maximum atomic E-state index is 9.43. The average molecular weight is 342 g/mol. The van der Waals surface area contributed by atoms with Crippen LogP contribution in [0.1, 0.15) is 16.7 Å². The summed E-state index contributed by atoms with van der Waals surface area (Å²) in [5, 5.41) is 9.43. The molecule has 1 heterocycles. The molecule has 4 heteroatoms. The van der Waals surface area contributed by atoms with Gasteiger partial charge in [0, 0.05) is 4.47 Å². The van der Waals surface area contributed by atoms with E-state index in [4.69, 9.17) is 9.47 Å². The molecule has 2 aromatic carbocycles. The molecule has 0 amide bonds. The molecule has 0 aliphatic carbocycles. The van der Waals surface area contributed by atoms with Gasteiger partial charge in [-0.25, -0.2) is 0 Å². The lowest BCUT2D eigenvalue weighted by molar-refractivity contribution is 0.174. The van der Waals surface area contributed by atoms with Crippen molar-refractivity contribution in [2.45, 2.75) is 6.92 Å². The summed E-state index contributed by atoms with van der Waals surface area (Å²) >= 11 is 3.51. The summed E-state index contributed by atoms with van der Waals surface area (Å²) in [5.41, 5.74) is 3.52. The molecule has 0 spiro atoms. The predicted molar refractivity (Wildman–Crippen MR) is 84.9 cm³/mol. The van der Waals surface area contributed by atoms with Gasteiger partial charge in [-0.05, 0) is 36.3 Å². The molecule has 21 heavy (non-hydrogen) atoms. The third-order valence-electron chi connectivity index (χ3n) is 3.24. The number of hydrogen-bond acceptors (Lipinski definition) is 3. The molecule has 0 fully saturated rings. The van der Waals surface area contributed by atoms with Crippen LogP contribution in [0.15, 0.2) is 40.9 Å². The van der Waals surface area contributed by atoms with E-state index in [0.29, 0.717) is 17.1 Å². The molecule has 0 saturated heterocycles. The van der Waals surface area contributed by atoms with Crippen molar-refractivity contribution < 1.29 is 9.47 Å². The van der Waals surface area contributed by atoms with Crippen LogP contribution in [0, 0.1) is 18.3 Å². The normalized spacial score (nSPS) is 13.1. The lowest BCUT2D eigenvalue weighted by atomic mass is 10.0. The molecule has 3 nitrogen and oxygen atoms in total. The Morgan fingerprint density at radius 3 is 2.71 bits per heavy atom. The van der Waals surface area contributed by atoms with E-state index in [-0.39, 0.29) is 6.79 Å². The van der Waals surface area contributed by atoms with Gasteiger partial charge in [0.2, 0.25) is 6.79 Å². The molecule has 0 saturated carbocycles. The van der Waals surface area contributed by atoms with E-state index >= 15 is 0 Å². The Kier molecular flexibility index (Phi) is 3.68. The van der Waals surface area contributed by atoms with E-state index in [0.717, 1.165) is 21.2 Å². The third kappa shape index (κ3) is 2.79. The minimum absolute atomic E-state index is 0.234. The summed E-state index contributed by atoms with van der Waals surface area (Å²) in [4.78, 5) is 0. The smallest absolute Gasteiger partial charge is 0.231 e. The highest BCUT2D eigenvalue weighted by Crippen LogP contribution is 2.38. The Morgan fingerprint density at radius 2 is 2.00 bits per heavy atom. The Bertz CT molecular complexity index is 775. The first-order valence-electron chi connectivity index (χ1n) is 6.45. The summed E-state index contributed by atoms with van der Waals surface area (Å²) in [6.07, 6.45) is 1.85. The van der Waals surface area contributed by atoms with E-state index in [1.54, 1.807) is 0 Å². The number of allylic oxidation sites excluding steroid dienone is 1. The van der Waals surface area contributed by atoms with Crippen molar-refractivity contribution in [1.82, 2.24) is 0 Å². The van der Waals surface area contributed by atoms with Gasteiger partial charge in [-0.3, -0.25) is 0 Å². The zero-order chi connectivity index (χ0) is 14.8. The molecule has 1 aliphatic heterocycles. The van der Waals surface area contributed by atoms with Crippen LogP contribution in [0.5, 0.6) is 11.5 Å². The molecule has 1 aliphatic rings. The van der Waals surface area contributed by atoms with E-state index in [2.05, 4.69) is 22.0 Å². The highest BCUT2D eigenvalue weighted by molar-refractivity contribution is 9.10. The van der Waals surface area contributed by atoms with Crippen LogP contribution >= 0.6 is 15.9 Å². The number of nitrogens with zero attached hydrogens (tertiary/aromatic N) is 1. The van der Waals surface area contributed by atoms with E-state index in [1.165, 1.54) is 0 Å². The van der Waals surface area contributed by atoms with Gasteiger partial charge in [0.15, 0.2) is 11.5 Å². The molecule has 104 valence electrons. The maximum Gasteiger partial charge on any atom is 0.231 e. The number of nitriles is 1. The summed E-state index contributed by atoms with van der Waals surface area (Å²) in [5.74, 6) is 1.42. The topological polar surface area (TPSA) is 42.2 Å². The number of ether oxygens (including phenoxy) is 2. The SMILES string of the molecule is Cc1cccc(C(C#N)=Cc2cc3c(cc2Br)OCO3)c1. The summed E-state index contributed by atoms with van der Waals surface area (Å²) in [6.45, 7) is 2.24. The van der Waals surface area contributed by atoms with Crippen molar-refractivity contribution in [3.05, 3.63) is 57.6 Å². The molecule has 0 bridgehead atoms.